The molecule has 1 aliphatic carbocycles. The van der Waals surface area contributed by atoms with Gasteiger partial charge in [-0.25, -0.2) is 0 Å². The minimum absolute atomic E-state index is 1.25. The summed E-state index contributed by atoms with van der Waals surface area (Å²) in [4.78, 5) is 0. The van der Waals surface area contributed by atoms with E-state index < -0.39 is 0 Å². The Balaban J connectivity index is 1.59. The van der Waals surface area contributed by atoms with Gasteiger partial charge in [-0.3, -0.25) is 0 Å². The predicted molar refractivity (Wildman–Crippen MR) is 185 cm³/mol. The van der Waals surface area contributed by atoms with E-state index in [1.54, 1.807) is 0 Å². The fraction of sp³-hybridized carbons (Fsp3) is 0.0233. The molecule has 0 saturated carbocycles. The molecule has 0 unspecified atom stereocenters. The molecule has 0 nitrogen and oxygen atoms in total. The summed E-state index contributed by atoms with van der Waals surface area (Å²) in [5, 5.41) is 13.5. The first kappa shape index (κ1) is 23.1. The third-order valence-corrected chi connectivity index (χ3v) is 9.86. The number of benzene rings is 9. The van der Waals surface area contributed by atoms with Crippen molar-refractivity contribution in [2.24, 2.45) is 0 Å². The Morgan fingerprint density at radius 3 is 1.70 bits per heavy atom. The van der Waals surface area contributed by atoms with Crippen LogP contribution < -0.4 is 0 Å². The summed E-state index contributed by atoms with van der Waals surface area (Å²) in [6.45, 7) is 2.24. The Morgan fingerprint density at radius 2 is 0.930 bits per heavy atom. The topological polar surface area (TPSA) is 0 Å². The zero-order valence-corrected chi connectivity index (χ0v) is 23.8. The summed E-state index contributed by atoms with van der Waals surface area (Å²) in [6, 6.07) is 52.0. The van der Waals surface area contributed by atoms with Crippen LogP contribution in [0.2, 0.25) is 0 Å². The van der Waals surface area contributed by atoms with Crippen molar-refractivity contribution in [2.45, 2.75) is 6.92 Å². The average molecular weight is 543 g/mol. The van der Waals surface area contributed by atoms with Gasteiger partial charge >= 0.3 is 0 Å². The van der Waals surface area contributed by atoms with Gasteiger partial charge in [0.1, 0.15) is 0 Å². The third kappa shape index (κ3) is 2.90. The summed E-state index contributed by atoms with van der Waals surface area (Å²) in [7, 11) is 0. The Hall–Kier alpha value is -5.46. The highest BCUT2D eigenvalue weighted by atomic mass is 14.3. The van der Waals surface area contributed by atoms with E-state index in [9.17, 15) is 0 Å². The van der Waals surface area contributed by atoms with Gasteiger partial charge in [0.2, 0.25) is 0 Å². The van der Waals surface area contributed by atoms with Crippen LogP contribution in [0.1, 0.15) is 5.56 Å². The van der Waals surface area contributed by atoms with Crippen LogP contribution in [0.15, 0.2) is 140 Å². The first-order valence-corrected chi connectivity index (χ1v) is 15.1. The van der Waals surface area contributed by atoms with E-state index in [1.165, 1.54) is 104 Å². The normalized spacial score (nSPS) is 12.3. The van der Waals surface area contributed by atoms with E-state index in [0.717, 1.165) is 0 Å². The minimum atomic E-state index is 1.25. The van der Waals surface area contributed by atoms with E-state index in [4.69, 9.17) is 0 Å². The van der Waals surface area contributed by atoms with E-state index in [2.05, 4.69) is 146 Å². The number of hydrogen-bond donors (Lipinski definition) is 0. The van der Waals surface area contributed by atoms with Gasteiger partial charge < -0.3 is 0 Å². The molecular formula is C43H26. The molecule has 0 bridgehead atoms. The molecule has 0 radical (unpaired) electrons. The van der Waals surface area contributed by atoms with Crippen LogP contribution in [-0.2, 0) is 0 Å². The first-order valence-electron chi connectivity index (χ1n) is 15.1. The van der Waals surface area contributed by atoms with E-state index >= 15 is 0 Å². The van der Waals surface area contributed by atoms with Gasteiger partial charge in [0, 0.05) is 0 Å². The molecular weight excluding hydrogens is 516 g/mol. The molecule has 10 rings (SSSR count). The smallest absolute Gasteiger partial charge is 0.000696 e. The summed E-state index contributed by atoms with van der Waals surface area (Å²) < 4.78 is 0. The Bertz CT molecular complexity index is 2580. The summed E-state index contributed by atoms with van der Waals surface area (Å²) in [5.74, 6) is 0. The van der Waals surface area contributed by atoms with Gasteiger partial charge in [0.15, 0.2) is 0 Å². The average Bonchev–Trinajstić information content (AvgIpc) is 3.40. The second kappa shape index (κ2) is 8.31. The molecule has 0 aromatic heterocycles. The quantitative estimate of drug-likeness (QED) is 0.150. The highest BCUT2D eigenvalue weighted by molar-refractivity contribution is 6.42. The van der Waals surface area contributed by atoms with E-state index in [-0.39, 0.29) is 0 Å². The zero-order chi connectivity index (χ0) is 28.2. The lowest BCUT2D eigenvalue weighted by Gasteiger charge is -2.24. The molecule has 0 saturated heterocycles. The van der Waals surface area contributed by atoms with Crippen LogP contribution >= 0.6 is 0 Å². The Labute approximate surface area is 249 Å². The molecule has 0 heteroatoms. The lowest BCUT2D eigenvalue weighted by atomic mass is 9.78. The standard InChI is InChI=1S/C43H26/c1-25-21-22-35-38-29(25)17-10-18-31(38)32-24-23-30(26-11-4-2-5-12-26)39-37(28-13-6-3-7-14-28)41-33-19-8-15-27-16-9-20-34(36(27)33)42(41)43(35)40(32)39/h2-24H,1H3. The van der Waals surface area contributed by atoms with Crippen LogP contribution in [0.5, 0.6) is 0 Å². The molecule has 0 atom stereocenters. The van der Waals surface area contributed by atoms with Crippen molar-refractivity contribution < 1.29 is 0 Å². The van der Waals surface area contributed by atoms with Crippen LogP contribution in [0.4, 0.5) is 0 Å². The van der Waals surface area contributed by atoms with Gasteiger partial charge in [-0.2, -0.15) is 0 Å². The highest BCUT2D eigenvalue weighted by Crippen LogP contribution is 2.59. The molecule has 1 aliphatic rings. The molecule has 0 aliphatic heterocycles. The SMILES string of the molecule is Cc1ccc2c3c4c(c(-c5ccccc5)c5c(-c6ccccc6)ccc(c6cccc1c62)c53)-c1cccc2cccc-4c12. The van der Waals surface area contributed by atoms with Crippen molar-refractivity contribution in [1.82, 2.24) is 0 Å². The molecule has 0 spiro atoms. The number of hydrogen-bond acceptors (Lipinski definition) is 0. The largest absolute Gasteiger partial charge is 0.0622 e. The maximum atomic E-state index is 2.39. The number of aryl methyl sites for hydroxylation is 1. The number of rotatable bonds is 2. The molecule has 0 heterocycles. The monoisotopic (exact) mass is 542 g/mol. The lowest BCUT2D eigenvalue weighted by molar-refractivity contribution is 1.55. The van der Waals surface area contributed by atoms with Gasteiger partial charge in [0.05, 0.1) is 0 Å². The van der Waals surface area contributed by atoms with Crippen LogP contribution in [0.3, 0.4) is 0 Å². The fourth-order valence-electron chi connectivity index (χ4n) is 8.15. The van der Waals surface area contributed by atoms with Crippen molar-refractivity contribution in [3.8, 4) is 44.5 Å². The van der Waals surface area contributed by atoms with Crippen molar-refractivity contribution in [2.75, 3.05) is 0 Å². The predicted octanol–water partition coefficient (Wildman–Crippen LogP) is 12.2. The van der Waals surface area contributed by atoms with Crippen molar-refractivity contribution >= 4 is 53.9 Å². The molecule has 43 heavy (non-hydrogen) atoms. The van der Waals surface area contributed by atoms with Gasteiger partial charge in [-0.15, -0.1) is 0 Å². The zero-order valence-electron chi connectivity index (χ0n) is 23.8. The van der Waals surface area contributed by atoms with Gasteiger partial charge in [-0.1, -0.05) is 140 Å². The van der Waals surface area contributed by atoms with Crippen molar-refractivity contribution in [3.05, 3.63) is 145 Å². The third-order valence-electron chi connectivity index (χ3n) is 9.86. The minimum Gasteiger partial charge on any atom is -0.0622 e. The summed E-state index contributed by atoms with van der Waals surface area (Å²) in [6.07, 6.45) is 0. The molecule has 9 aromatic rings. The van der Waals surface area contributed by atoms with Crippen molar-refractivity contribution in [3.63, 3.8) is 0 Å². The van der Waals surface area contributed by atoms with Gasteiger partial charge in [0.25, 0.3) is 0 Å². The molecule has 0 amide bonds. The molecule has 0 N–H and O–H groups in total. The van der Waals surface area contributed by atoms with Crippen LogP contribution in [0.25, 0.3) is 98.4 Å². The molecule has 198 valence electrons. The Kier molecular flexibility index (Phi) is 4.47. The Morgan fingerprint density at radius 1 is 0.302 bits per heavy atom. The molecule has 9 aromatic carbocycles. The van der Waals surface area contributed by atoms with E-state index in [0.29, 0.717) is 0 Å². The lowest BCUT2D eigenvalue weighted by Crippen LogP contribution is -1.96. The first-order chi connectivity index (χ1) is 21.3. The summed E-state index contributed by atoms with van der Waals surface area (Å²) >= 11 is 0. The van der Waals surface area contributed by atoms with Gasteiger partial charge in [-0.05, 0) is 111 Å². The van der Waals surface area contributed by atoms with E-state index in [1.807, 2.05) is 0 Å². The maximum Gasteiger partial charge on any atom is -0.000696 e. The highest BCUT2D eigenvalue weighted by Gasteiger charge is 2.31. The summed E-state index contributed by atoms with van der Waals surface area (Å²) in [5.41, 5.74) is 11.9. The fourth-order valence-corrected chi connectivity index (χ4v) is 8.15. The van der Waals surface area contributed by atoms with Crippen molar-refractivity contribution in [1.29, 1.82) is 0 Å². The van der Waals surface area contributed by atoms with Crippen LogP contribution in [0, 0.1) is 6.92 Å². The van der Waals surface area contributed by atoms with Crippen LogP contribution in [-0.4, -0.2) is 0 Å². The second-order valence-corrected chi connectivity index (χ2v) is 12.0. The molecule has 0 fully saturated rings. The maximum absolute atomic E-state index is 2.39. The number of fused-ring (bicyclic) bond motifs is 6. The second-order valence-electron chi connectivity index (χ2n) is 12.0.